The number of alkyl halides is 1. The lowest BCUT2D eigenvalue weighted by Gasteiger charge is -2.18. The Kier molecular flexibility index (Phi) is 5.11. The molecule has 1 aliphatic rings. The van der Waals surface area contributed by atoms with Gasteiger partial charge in [-0.05, 0) is 13.3 Å². The van der Waals surface area contributed by atoms with Crippen LogP contribution >= 0.6 is 11.6 Å². The Morgan fingerprint density at radius 3 is 2.89 bits per heavy atom. The summed E-state index contributed by atoms with van der Waals surface area (Å²) < 4.78 is 18.4. The average Bonchev–Trinajstić information content (AvgIpc) is 2.34. The van der Waals surface area contributed by atoms with Crippen molar-refractivity contribution in [1.29, 1.82) is 0 Å². The van der Waals surface area contributed by atoms with E-state index in [1.807, 2.05) is 0 Å². The summed E-state index contributed by atoms with van der Waals surface area (Å²) in [6.45, 7) is 5.07. The maximum atomic E-state index is 13.8. The van der Waals surface area contributed by atoms with Crippen LogP contribution in [0.1, 0.15) is 13.3 Å². The van der Waals surface area contributed by atoms with E-state index in [2.05, 4.69) is 16.6 Å². The predicted molar refractivity (Wildman–Crippen MR) is 68.6 cm³/mol. The number of nitrogens with one attached hydrogen (secondary N) is 1. The number of allylic oxidation sites excluding steroid dienone is 2. The number of carbonyl (C=O) groups excluding carboxylic acids is 2. The number of rotatable bonds is 4. The number of esters is 1. The molecule has 1 amide bonds. The van der Waals surface area contributed by atoms with Gasteiger partial charge in [-0.2, -0.15) is 0 Å². The number of hydrogen-bond acceptors (Lipinski definition) is 4. The molecule has 0 aromatic rings. The van der Waals surface area contributed by atoms with Crippen LogP contribution in [0.25, 0.3) is 0 Å². The van der Waals surface area contributed by atoms with Crippen LogP contribution in [-0.2, 0) is 14.3 Å². The van der Waals surface area contributed by atoms with Crippen molar-refractivity contribution in [3.63, 3.8) is 0 Å². The molecule has 1 atom stereocenters. The summed E-state index contributed by atoms with van der Waals surface area (Å²) in [5.74, 6) is -2.50. The number of carbonyl (C=O) groups is 2. The molecule has 5 nitrogen and oxygen atoms in total. The van der Waals surface area contributed by atoms with E-state index in [-0.39, 0.29) is 30.0 Å². The van der Waals surface area contributed by atoms with Gasteiger partial charge in [-0.25, -0.2) is 9.18 Å². The summed E-state index contributed by atoms with van der Waals surface area (Å²) in [6, 6.07) is 0. The van der Waals surface area contributed by atoms with Gasteiger partial charge in [-0.15, -0.1) is 11.6 Å². The molecule has 0 saturated carbocycles. The maximum absolute atomic E-state index is 13.8. The first kappa shape index (κ1) is 15.2. The van der Waals surface area contributed by atoms with Gasteiger partial charge in [0.1, 0.15) is 11.5 Å². The lowest BCUT2D eigenvalue weighted by Crippen LogP contribution is -2.32. The fourth-order valence-electron chi connectivity index (χ4n) is 1.44. The Hall–Kier alpha value is -1.82. The number of ether oxygens (including phenoxy) is 1. The van der Waals surface area contributed by atoms with Crippen LogP contribution in [0, 0.1) is 0 Å². The van der Waals surface area contributed by atoms with Gasteiger partial charge >= 0.3 is 5.97 Å². The Bertz CT molecular complexity index is 485. The van der Waals surface area contributed by atoms with Crippen LogP contribution in [0.15, 0.2) is 35.4 Å². The van der Waals surface area contributed by atoms with Gasteiger partial charge in [0.2, 0.25) is 0 Å². The van der Waals surface area contributed by atoms with E-state index >= 15 is 0 Å². The first-order chi connectivity index (χ1) is 8.88. The zero-order valence-electron chi connectivity index (χ0n) is 10.3. The summed E-state index contributed by atoms with van der Waals surface area (Å²) in [5.41, 5.74) is 4.84. The minimum atomic E-state index is -0.941. The molecule has 1 aliphatic carbocycles. The highest BCUT2D eigenvalue weighted by atomic mass is 35.5. The molecule has 104 valence electrons. The molecule has 0 radical (unpaired) electrons. The Morgan fingerprint density at radius 2 is 2.32 bits per heavy atom. The second-order valence-electron chi connectivity index (χ2n) is 3.74. The molecule has 0 spiro atoms. The van der Waals surface area contributed by atoms with E-state index in [0.29, 0.717) is 0 Å². The first-order valence-electron chi connectivity index (χ1n) is 5.55. The van der Waals surface area contributed by atoms with Crippen LogP contribution in [0.4, 0.5) is 4.39 Å². The number of hydrogen-bond donors (Lipinski definition) is 2. The summed E-state index contributed by atoms with van der Waals surface area (Å²) in [6.07, 6.45) is 1.65. The van der Waals surface area contributed by atoms with Crippen LogP contribution in [0.5, 0.6) is 0 Å². The number of nitrogens with two attached hydrogens (primary N) is 1. The highest BCUT2D eigenvalue weighted by Gasteiger charge is 2.28. The van der Waals surface area contributed by atoms with E-state index in [9.17, 15) is 14.0 Å². The number of amides is 1. The van der Waals surface area contributed by atoms with E-state index in [4.69, 9.17) is 17.3 Å². The topological polar surface area (TPSA) is 81.4 Å². The molecular weight excluding hydrogens is 275 g/mol. The molecule has 0 bridgehead atoms. The normalized spacial score (nSPS) is 18.7. The summed E-state index contributed by atoms with van der Waals surface area (Å²) in [7, 11) is 0. The van der Waals surface area contributed by atoms with Crippen molar-refractivity contribution in [1.82, 2.24) is 5.32 Å². The fourth-order valence-corrected chi connectivity index (χ4v) is 1.64. The minimum absolute atomic E-state index is 0.0245. The quantitative estimate of drug-likeness (QED) is 0.463. The largest absolute Gasteiger partial charge is 0.461 e. The molecule has 0 aromatic heterocycles. The number of halogens is 2. The molecule has 3 N–H and O–H groups in total. The zero-order chi connectivity index (χ0) is 14.6. The van der Waals surface area contributed by atoms with Gasteiger partial charge in [0.25, 0.3) is 5.91 Å². The monoisotopic (exact) mass is 288 g/mol. The second-order valence-corrected chi connectivity index (χ2v) is 4.27. The molecule has 0 saturated heterocycles. The van der Waals surface area contributed by atoms with Crippen molar-refractivity contribution >= 4 is 23.5 Å². The van der Waals surface area contributed by atoms with Gasteiger partial charge in [-0.1, -0.05) is 12.7 Å². The zero-order valence-corrected chi connectivity index (χ0v) is 11.1. The van der Waals surface area contributed by atoms with E-state index in [1.54, 1.807) is 6.92 Å². The van der Waals surface area contributed by atoms with Crippen LogP contribution < -0.4 is 11.1 Å². The van der Waals surface area contributed by atoms with Crippen molar-refractivity contribution < 1.29 is 18.7 Å². The van der Waals surface area contributed by atoms with E-state index in [0.717, 1.165) is 0 Å². The molecule has 1 rings (SSSR count). The Labute approximate surface area is 114 Å². The standard InChI is InChI=1S/C12H14ClFN2O3/c1-3-19-12(18)6(2)16-11(17)9-8(15)5-4-7(13)10(9)14/h5,7H,2-4,15H2,1H3,(H,16,17). The fraction of sp³-hybridized carbons (Fsp3) is 0.333. The molecule has 0 fully saturated rings. The van der Waals surface area contributed by atoms with E-state index in [1.165, 1.54) is 6.08 Å². The van der Waals surface area contributed by atoms with Gasteiger partial charge in [0.15, 0.2) is 0 Å². The van der Waals surface area contributed by atoms with Crippen molar-refractivity contribution in [2.75, 3.05) is 6.61 Å². The average molecular weight is 289 g/mol. The third-order valence-corrected chi connectivity index (χ3v) is 2.73. The molecule has 7 heteroatoms. The van der Waals surface area contributed by atoms with Gasteiger partial charge in [0.05, 0.1) is 17.6 Å². The molecular formula is C12H14ClFN2O3. The van der Waals surface area contributed by atoms with Gasteiger partial charge < -0.3 is 15.8 Å². The summed E-state index contributed by atoms with van der Waals surface area (Å²) in [4.78, 5) is 23.1. The smallest absolute Gasteiger partial charge is 0.354 e. The minimum Gasteiger partial charge on any atom is -0.461 e. The first-order valence-corrected chi connectivity index (χ1v) is 5.99. The van der Waals surface area contributed by atoms with Gasteiger partial charge in [0, 0.05) is 5.70 Å². The van der Waals surface area contributed by atoms with Crippen LogP contribution in [0.2, 0.25) is 0 Å². The van der Waals surface area contributed by atoms with Crippen molar-refractivity contribution in [3.05, 3.63) is 35.4 Å². The van der Waals surface area contributed by atoms with Crippen LogP contribution in [0.3, 0.4) is 0 Å². The highest BCUT2D eigenvalue weighted by Crippen LogP contribution is 2.28. The maximum Gasteiger partial charge on any atom is 0.354 e. The van der Waals surface area contributed by atoms with Crippen molar-refractivity contribution in [2.24, 2.45) is 5.73 Å². The highest BCUT2D eigenvalue weighted by molar-refractivity contribution is 6.23. The molecule has 0 aliphatic heterocycles. The van der Waals surface area contributed by atoms with Crippen LogP contribution in [-0.4, -0.2) is 23.9 Å². The van der Waals surface area contributed by atoms with Crippen molar-refractivity contribution in [2.45, 2.75) is 18.7 Å². The van der Waals surface area contributed by atoms with Gasteiger partial charge in [-0.3, -0.25) is 4.79 Å². The summed E-state index contributed by atoms with van der Waals surface area (Å²) in [5, 5.41) is 1.19. The van der Waals surface area contributed by atoms with Crippen molar-refractivity contribution in [3.8, 4) is 0 Å². The Balaban J connectivity index is 2.83. The second kappa shape index (κ2) is 6.38. The molecule has 0 heterocycles. The third kappa shape index (κ3) is 3.57. The predicted octanol–water partition coefficient (Wildman–Crippen LogP) is 1.26. The lowest BCUT2D eigenvalue weighted by molar-refractivity contribution is -0.139. The van der Waals surface area contributed by atoms with E-state index < -0.39 is 23.1 Å². The lowest BCUT2D eigenvalue weighted by atomic mass is 10.0. The summed E-state index contributed by atoms with van der Waals surface area (Å²) >= 11 is 5.69. The SMILES string of the molecule is C=C(NC(=O)C1=C(F)C(Cl)CC=C1N)C(=O)OCC. The Morgan fingerprint density at radius 1 is 1.68 bits per heavy atom. The molecule has 1 unspecified atom stereocenters. The molecule has 0 aromatic carbocycles. The third-order valence-electron chi connectivity index (χ3n) is 2.36. The molecule has 19 heavy (non-hydrogen) atoms.